The van der Waals surface area contributed by atoms with Gasteiger partial charge >= 0.3 is 0 Å². The fraction of sp³-hybridized carbons (Fsp3) is 0.0435. The van der Waals surface area contributed by atoms with E-state index in [0.717, 1.165) is 11.1 Å². The van der Waals surface area contributed by atoms with Crippen molar-refractivity contribution in [3.8, 4) is 17.6 Å². The Morgan fingerprint density at radius 3 is 2.57 bits per heavy atom. The van der Waals surface area contributed by atoms with E-state index in [1.807, 2.05) is 48.5 Å². The number of fused-ring (bicyclic) bond motifs is 1. The quantitative estimate of drug-likeness (QED) is 0.678. The molecule has 1 heterocycles. The first-order valence-electron chi connectivity index (χ1n) is 8.72. The summed E-state index contributed by atoms with van der Waals surface area (Å²) in [5.41, 5.74) is 3.28. The molecule has 0 aliphatic carbocycles. The van der Waals surface area contributed by atoms with Crippen LogP contribution in [0.5, 0.6) is 5.75 Å². The van der Waals surface area contributed by atoms with Crippen molar-refractivity contribution in [2.45, 2.75) is 0 Å². The van der Waals surface area contributed by atoms with Gasteiger partial charge in [-0.1, -0.05) is 36.1 Å². The lowest BCUT2D eigenvalue weighted by Crippen LogP contribution is -2.25. The van der Waals surface area contributed by atoms with Crippen molar-refractivity contribution in [3.05, 3.63) is 89.5 Å². The lowest BCUT2D eigenvalue weighted by molar-refractivity contribution is -0.118. The van der Waals surface area contributed by atoms with E-state index in [4.69, 9.17) is 4.74 Å². The highest BCUT2D eigenvalue weighted by molar-refractivity contribution is 6.06. The summed E-state index contributed by atoms with van der Waals surface area (Å²) in [6, 6.07) is 22.0. The van der Waals surface area contributed by atoms with E-state index in [1.54, 1.807) is 24.3 Å². The molecular weight excluding hydrogens is 352 g/mol. The van der Waals surface area contributed by atoms with E-state index in [9.17, 15) is 9.59 Å². The molecule has 3 aromatic carbocycles. The first-order chi connectivity index (χ1) is 13.7. The summed E-state index contributed by atoms with van der Waals surface area (Å²) in [7, 11) is 0. The zero-order chi connectivity index (χ0) is 19.3. The van der Waals surface area contributed by atoms with Gasteiger partial charge in [-0.15, -0.1) is 0 Å². The number of ether oxygens (including phenoxy) is 1. The Kier molecular flexibility index (Phi) is 4.77. The SMILES string of the molecule is O=C1COc2ccc(C(=O)Nc3cccc(C#Cc4ccccc4)c3)cc2N1. The molecule has 0 atom stereocenters. The maximum absolute atomic E-state index is 12.6. The number of hydrogen-bond acceptors (Lipinski definition) is 3. The van der Waals surface area contributed by atoms with Gasteiger partial charge in [-0.05, 0) is 48.5 Å². The number of hydrogen-bond donors (Lipinski definition) is 2. The van der Waals surface area contributed by atoms with E-state index in [2.05, 4.69) is 22.5 Å². The van der Waals surface area contributed by atoms with E-state index >= 15 is 0 Å². The molecule has 0 radical (unpaired) electrons. The molecule has 0 unspecified atom stereocenters. The molecule has 0 spiro atoms. The number of carbonyl (C=O) groups is 2. The Labute approximate surface area is 162 Å². The molecule has 0 saturated heterocycles. The molecule has 4 rings (SSSR count). The zero-order valence-electron chi connectivity index (χ0n) is 14.9. The minimum absolute atomic E-state index is 0.0185. The molecule has 2 N–H and O–H groups in total. The second kappa shape index (κ2) is 7.68. The Bertz CT molecular complexity index is 1110. The molecule has 5 heteroatoms. The Morgan fingerprint density at radius 2 is 1.71 bits per heavy atom. The fourth-order valence-electron chi connectivity index (χ4n) is 2.77. The van der Waals surface area contributed by atoms with Crippen LogP contribution in [0.4, 0.5) is 11.4 Å². The molecular formula is C23H16N2O3. The highest BCUT2D eigenvalue weighted by Crippen LogP contribution is 2.28. The van der Waals surface area contributed by atoms with Gasteiger partial charge < -0.3 is 15.4 Å². The van der Waals surface area contributed by atoms with Crippen LogP contribution in [0.1, 0.15) is 21.5 Å². The summed E-state index contributed by atoms with van der Waals surface area (Å²) in [5, 5.41) is 5.55. The summed E-state index contributed by atoms with van der Waals surface area (Å²) in [6.45, 7) is -0.0185. The van der Waals surface area contributed by atoms with Crippen molar-refractivity contribution in [2.24, 2.45) is 0 Å². The van der Waals surface area contributed by atoms with Crippen LogP contribution in [0.2, 0.25) is 0 Å². The third-order valence-electron chi connectivity index (χ3n) is 4.12. The molecule has 1 aliphatic heterocycles. The molecule has 3 aromatic rings. The molecule has 0 saturated carbocycles. The topological polar surface area (TPSA) is 67.4 Å². The van der Waals surface area contributed by atoms with Gasteiger partial charge in [-0.2, -0.15) is 0 Å². The first-order valence-corrected chi connectivity index (χ1v) is 8.72. The first kappa shape index (κ1) is 17.4. The average Bonchev–Trinajstić information content (AvgIpc) is 2.72. The van der Waals surface area contributed by atoms with Crippen LogP contribution in [0, 0.1) is 11.8 Å². The average molecular weight is 368 g/mol. The maximum Gasteiger partial charge on any atom is 0.262 e. The minimum atomic E-state index is -0.282. The maximum atomic E-state index is 12.6. The number of benzene rings is 3. The van der Waals surface area contributed by atoms with Crippen molar-refractivity contribution in [2.75, 3.05) is 17.2 Å². The lowest BCUT2D eigenvalue weighted by Gasteiger charge is -2.18. The third kappa shape index (κ3) is 4.02. The number of anilines is 2. The lowest BCUT2D eigenvalue weighted by atomic mass is 10.1. The van der Waals surface area contributed by atoms with Crippen LogP contribution >= 0.6 is 0 Å². The molecule has 2 amide bonds. The van der Waals surface area contributed by atoms with Crippen LogP contribution in [-0.2, 0) is 4.79 Å². The van der Waals surface area contributed by atoms with Crippen molar-refractivity contribution in [1.82, 2.24) is 0 Å². The molecule has 1 aliphatic rings. The van der Waals surface area contributed by atoms with Crippen LogP contribution in [0.3, 0.4) is 0 Å². The van der Waals surface area contributed by atoms with Crippen molar-refractivity contribution >= 4 is 23.2 Å². The minimum Gasteiger partial charge on any atom is -0.482 e. The van der Waals surface area contributed by atoms with Crippen LogP contribution < -0.4 is 15.4 Å². The van der Waals surface area contributed by atoms with E-state index in [-0.39, 0.29) is 18.4 Å². The second-order valence-electron chi connectivity index (χ2n) is 6.20. The fourth-order valence-corrected chi connectivity index (χ4v) is 2.77. The van der Waals surface area contributed by atoms with Gasteiger partial charge in [0.05, 0.1) is 5.69 Å². The van der Waals surface area contributed by atoms with Crippen molar-refractivity contribution in [3.63, 3.8) is 0 Å². The normalized spacial score (nSPS) is 11.9. The summed E-state index contributed by atoms with van der Waals surface area (Å²) >= 11 is 0. The van der Waals surface area contributed by atoms with Crippen LogP contribution in [-0.4, -0.2) is 18.4 Å². The van der Waals surface area contributed by atoms with Gasteiger partial charge in [0, 0.05) is 22.4 Å². The summed E-state index contributed by atoms with van der Waals surface area (Å²) in [6.07, 6.45) is 0. The van der Waals surface area contributed by atoms with E-state index in [0.29, 0.717) is 22.7 Å². The predicted molar refractivity (Wildman–Crippen MR) is 107 cm³/mol. The van der Waals surface area contributed by atoms with Gasteiger partial charge in [-0.25, -0.2) is 0 Å². The standard InChI is InChI=1S/C23H16N2O3/c26-22-15-28-21-12-11-18(14-20(21)25-22)23(27)24-19-8-4-7-17(13-19)10-9-16-5-2-1-3-6-16/h1-8,11-14H,15H2,(H,24,27)(H,25,26). The number of carbonyl (C=O) groups excluding carboxylic acids is 2. The van der Waals surface area contributed by atoms with Gasteiger partial charge in [0.25, 0.3) is 11.8 Å². The Hall–Kier alpha value is -4.04. The third-order valence-corrected chi connectivity index (χ3v) is 4.12. The molecule has 136 valence electrons. The molecule has 28 heavy (non-hydrogen) atoms. The van der Waals surface area contributed by atoms with E-state index < -0.39 is 0 Å². The van der Waals surface area contributed by atoms with Crippen molar-refractivity contribution in [1.29, 1.82) is 0 Å². The largest absolute Gasteiger partial charge is 0.482 e. The van der Waals surface area contributed by atoms with Gasteiger partial charge in [0.15, 0.2) is 6.61 Å². The number of rotatable bonds is 2. The van der Waals surface area contributed by atoms with Crippen LogP contribution in [0.15, 0.2) is 72.8 Å². The Balaban J connectivity index is 1.50. The van der Waals surface area contributed by atoms with Gasteiger partial charge in [0.2, 0.25) is 0 Å². The van der Waals surface area contributed by atoms with E-state index in [1.165, 1.54) is 0 Å². The molecule has 0 fully saturated rings. The second-order valence-corrected chi connectivity index (χ2v) is 6.20. The van der Waals surface area contributed by atoms with Crippen molar-refractivity contribution < 1.29 is 14.3 Å². The smallest absolute Gasteiger partial charge is 0.262 e. The Morgan fingerprint density at radius 1 is 0.929 bits per heavy atom. The predicted octanol–water partition coefficient (Wildman–Crippen LogP) is 3.67. The highest BCUT2D eigenvalue weighted by atomic mass is 16.5. The molecule has 0 bridgehead atoms. The van der Waals surface area contributed by atoms with Gasteiger partial charge in [-0.3, -0.25) is 9.59 Å². The molecule has 5 nitrogen and oxygen atoms in total. The van der Waals surface area contributed by atoms with Crippen LogP contribution in [0.25, 0.3) is 0 Å². The number of amides is 2. The molecule has 0 aromatic heterocycles. The summed E-state index contributed by atoms with van der Waals surface area (Å²) in [4.78, 5) is 24.0. The summed E-state index contributed by atoms with van der Waals surface area (Å²) in [5.74, 6) is 6.22. The number of nitrogens with one attached hydrogen (secondary N) is 2. The zero-order valence-corrected chi connectivity index (χ0v) is 14.9. The van der Waals surface area contributed by atoms with Gasteiger partial charge in [0.1, 0.15) is 5.75 Å². The monoisotopic (exact) mass is 368 g/mol. The highest BCUT2D eigenvalue weighted by Gasteiger charge is 2.17. The summed E-state index contributed by atoms with van der Waals surface area (Å²) < 4.78 is 5.31.